The Morgan fingerprint density at radius 3 is 2.17 bits per heavy atom. The molecule has 0 aromatic heterocycles. The molecule has 1 aromatic carbocycles. The summed E-state index contributed by atoms with van der Waals surface area (Å²) in [4.78, 5) is 38.5. The second-order valence-corrected chi connectivity index (χ2v) is 9.87. The molecular formula is C24H29NO4. The molecule has 1 amide bonds. The summed E-state index contributed by atoms with van der Waals surface area (Å²) in [5.74, 6) is 2.12. The number of ketones is 1. The summed E-state index contributed by atoms with van der Waals surface area (Å²) in [5.41, 5.74) is 1.48. The SMILES string of the molecule is O=C(CC12CC3CC(CC(C3)C1)C2)OCC(=O)c1ccc(N2CCCC2=O)cc1. The molecule has 1 aromatic rings. The maximum Gasteiger partial charge on any atom is 0.306 e. The number of amides is 1. The standard InChI is InChI=1S/C24H29NO4/c26-21(19-3-5-20(6-4-19)25-7-1-2-22(25)27)15-29-23(28)14-24-11-16-8-17(12-24)10-18(9-16)13-24/h3-6,16-18H,1-2,7-15H2. The third-order valence-electron chi connectivity index (χ3n) is 7.62. The fourth-order valence-electron chi connectivity index (χ4n) is 6.84. The van der Waals surface area contributed by atoms with Gasteiger partial charge in [-0.2, -0.15) is 0 Å². The van der Waals surface area contributed by atoms with Gasteiger partial charge >= 0.3 is 5.97 Å². The smallest absolute Gasteiger partial charge is 0.306 e. The Labute approximate surface area is 171 Å². The quantitative estimate of drug-likeness (QED) is 0.536. The molecule has 0 radical (unpaired) electrons. The Morgan fingerprint density at radius 2 is 1.62 bits per heavy atom. The van der Waals surface area contributed by atoms with Gasteiger partial charge in [-0.25, -0.2) is 0 Å². The van der Waals surface area contributed by atoms with Crippen LogP contribution in [0.15, 0.2) is 24.3 Å². The number of anilines is 1. The maximum absolute atomic E-state index is 12.5. The minimum absolute atomic E-state index is 0.127. The van der Waals surface area contributed by atoms with Crippen LogP contribution in [-0.4, -0.2) is 30.8 Å². The highest BCUT2D eigenvalue weighted by molar-refractivity contribution is 5.99. The third kappa shape index (κ3) is 3.72. The van der Waals surface area contributed by atoms with Gasteiger partial charge in [0.25, 0.3) is 0 Å². The van der Waals surface area contributed by atoms with Gasteiger partial charge in [-0.15, -0.1) is 0 Å². The zero-order valence-electron chi connectivity index (χ0n) is 16.9. The van der Waals surface area contributed by atoms with E-state index < -0.39 is 0 Å². The van der Waals surface area contributed by atoms with E-state index in [9.17, 15) is 14.4 Å². The van der Waals surface area contributed by atoms with Crippen molar-refractivity contribution in [1.29, 1.82) is 0 Å². The van der Waals surface area contributed by atoms with Crippen molar-refractivity contribution in [2.24, 2.45) is 23.2 Å². The molecule has 29 heavy (non-hydrogen) atoms. The van der Waals surface area contributed by atoms with Gasteiger partial charge in [0.15, 0.2) is 12.4 Å². The lowest BCUT2D eigenvalue weighted by Crippen LogP contribution is -2.47. The van der Waals surface area contributed by atoms with Crippen LogP contribution >= 0.6 is 0 Å². The maximum atomic E-state index is 12.5. The molecule has 1 heterocycles. The Hall–Kier alpha value is -2.17. The molecule has 6 rings (SSSR count). The highest BCUT2D eigenvalue weighted by Gasteiger charge is 2.51. The van der Waals surface area contributed by atoms with E-state index in [1.165, 1.54) is 38.5 Å². The molecule has 5 nitrogen and oxygen atoms in total. The van der Waals surface area contributed by atoms with Crippen molar-refractivity contribution in [2.45, 2.75) is 57.8 Å². The lowest BCUT2D eigenvalue weighted by atomic mass is 9.49. The van der Waals surface area contributed by atoms with Gasteiger partial charge in [-0.3, -0.25) is 14.4 Å². The second kappa shape index (κ2) is 7.26. The van der Waals surface area contributed by atoms with Gasteiger partial charge < -0.3 is 9.64 Å². The van der Waals surface area contributed by atoms with Gasteiger partial charge in [0, 0.05) is 24.2 Å². The average Bonchev–Trinajstić information content (AvgIpc) is 3.11. The minimum Gasteiger partial charge on any atom is -0.457 e. The number of hydrogen-bond donors (Lipinski definition) is 0. The van der Waals surface area contributed by atoms with Crippen LogP contribution in [0.1, 0.15) is 68.1 Å². The van der Waals surface area contributed by atoms with Gasteiger partial charge in [0.1, 0.15) is 0 Å². The lowest BCUT2D eigenvalue weighted by Gasteiger charge is -2.56. The minimum atomic E-state index is -0.223. The lowest BCUT2D eigenvalue weighted by molar-refractivity contribution is -0.150. The first-order valence-electron chi connectivity index (χ1n) is 11.1. The first kappa shape index (κ1) is 18.8. The van der Waals surface area contributed by atoms with E-state index in [2.05, 4.69) is 0 Å². The van der Waals surface area contributed by atoms with E-state index in [1.54, 1.807) is 29.2 Å². The number of rotatable bonds is 6. The van der Waals surface area contributed by atoms with Crippen LogP contribution in [0, 0.1) is 23.2 Å². The number of nitrogens with zero attached hydrogens (tertiary/aromatic N) is 1. The topological polar surface area (TPSA) is 63.7 Å². The second-order valence-electron chi connectivity index (χ2n) is 9.87. The molecule has 4 saturated carbocycles. The molecule has 1 saturated heterocycles. The molecule has 0 spiro atoms. The van der Waals surface area contributed by atoms with Gasteiger partial charge in [-0.05, 0) is 92.4 Å². The van der Waals surface area contributed by atoms with Crippen molar-refractivity contribution in [3.63, 3.8) is 0 Å². The van der Waals surface area contributed by atoms with E-state index in [0.29, 0.717) is 18.4 Å². The number of Topliss-reactive ketones (excluding diaryl/α,β-unsaturated/α-hetero) is 1. The molecule has 5 heteroatoms. The Kier molecular flexibility index (Phi) is 4.72. The highest BCUT2D eigenvalue weighted by Crippen LogP contribution is 2.61. The van der Waals surface area contributed by atoms with E-state index in [4.69, 9.17) is 4.74 Å². The van der Waals surface area contributed by atoms with Crippen LogP contribution in [-0.2, 0) is 14.3 Å². The van der Waals surface area contributed by atoms with Crippen LogP contribution in [0.5, 0.6) is 0 Å². The van der Waals surface area contributed by atoms with Crippen LogP contribution < -0.4 is 4.90 Å². The molecule has 0 atom stereocenters. The number of carbonyl (C=O) groups is 3. The monoisotopic (exact) mass is 395 g/mol. The zero-order chi connectivity index (χ0) is 20.0. The number of carbonyl (C=O) groups excluding carboxylic acids is 3. The fourth-order valence-corrected chi connectivity index (χ4v) is 6.84. The summed E-state index contributed by atoms with van der Waals surface area (Å²) in [6.07, 6.45) is 9.49. The summed E-state index contributed by atoms with van der Waals surface area (Å²) >= 11 is 0. The molecular weight excluding hydrogens is 366 g/mol. The summed E-state index contributed by atoms with van der Waals surface area (Å²) < 4.78 is 5.39. The molecule has 0 unspecified atom stereocenters. The molecule has 5 fully saturated rings. The van der Waals surface area contributed by atoms with Crippen molar-refractivity contribution < 1.29 is 19.1 Å². The predicted molar refractivity (Wildman–Crippen MR) is 109 cm³/mol. The van der Waals surface area contributed by atoms with Crippen LogP contribution in [0.4, 0.5) is 5.69 Å². The van der Waals surface area contributed by atoms with Gasteiger partial charge in [-0.1, -0.05) is 0 Å². The van der Waals surface area contributed by atoms with E-state index >= 15 is 0 Å². The number of ether oxygens (including phenoxy) is 1. The molecule has 4 aliphatic carbocycles. The third-order valence-corrected chi connectivity index (χ3v) is 7.62. The molecule has 5 aliphatic rings. The average molecular weight is 395 g/mol. The Morgan fingerprint density at radius 1 is 1.00 bits per heavy atom. The van der Waals surface area contributed by atoms with Crippen molar-refractivity contribution >= 4 is 23.3 Å². The fraction of sp³-hybridized carbons (Fsp3) is 0.625. The molecule has 154 valence electrons. The van der Waals surface area contributed by atoms with Crippen LogP contribution in [0.2, 0.25) is 0 Å². The first-order chi connectivity index (χ1) is 14.0. The van der Waals surface area contributed by atoms with E-state index in [-0.39, 0.29) is 29.7 Å². The van der Waals surface area contributed by atoms with Crippen molar-refractivity contribution in [3.05, 3.63) is 29.8 Å². The Bertz CT molecular complexity index is 793. The van der Waals surface area contributed by atoms with E-state index in [0.717, 1.165) is 36.4 Å². The van der Waals surface area contributed by atoms with Gasteiger partial charge in [0.2, 0.25) is 5.91 Å². The zero-order valence-corrected chi connectivity index (χ0v) is 16.9. The predicted octanol–water partition coefficient (Wildman–Crippen LogP) is 4.15. The van der Waals surface area contributed by atoms with Crippen molar-refractivity contribution in [2.75, 3.05) is 18.1 Å². The number of hydrogen-bond acceptors (Lipinski definition) is 4. The van der Waals surface area contributed by atoms with Crippen LogP contribution in [0.25, 0.3) is 0 Å². The summed E-state index contributed by atoms with van der Waals surface area (Å²) in [5, 5.41) is 0. The molecule has 0 N–H and O–H groups in total. The first-order valence-corrected chi connectivity index (χ1v) is 11.1. The highest BCUT2D eigenvalue weighted by atomic mass is 16.5. The molecule has 4 bridgehead atoms. The number of benzene rings is 1. The normalized spacial score (nSPS) is 32.6. The van der Waals surface area contributed by atoms with Crippen molar-refractivity contribution in [1.82, 2.24) is 0 Å². The van der Waals surface area contributed by atoms with Crippen molar-refractivity contribution in [3.8, 4) is 0 Å². The van der Waals surface area contributed by atoms with Crippen LogP contribution in [0.3, 0.4) is 0 Å². The van der Waals surface area contributed by atoms with E-state index in [1.807, 2.05) is 0 Å². The Balaban J connectivity index is 1.15. The van der Waals surface area contributed by atoms with Gasteiger partial charge in [0.05, 0.1) is 6.42 Å². The molecule has 1 aliphatic heterocycles. The number of esters is 1. The largest absolute Gasteiger partial charge is 0.457 e. The summed E-state index contributed by atoms with van der Waals surface area (Å²) in [7, 11) is 0. The summed E-state index contributed by atoms with van der Waals surface area (Å²) in [6, 6.07) is 7.04. The summed E-state index contributed by atoms with van der Waals surface area (Å²) in [6.45, 7) is 0.529.